The molecule has 2 aliphatic heterocycles. The predicted molar refractivity (Wildman–Crippen MR) is 100.0 cm³/mol. The quantitative estimate of drug-likeness (QED) is 0.813. The average Bonchev–Trinajstić information content (AvgIpc) is 3.23. The molecule has 4 heterocycles. The average molecular weight is 380 g/mol. The van der Waals surface area contributed by atoms with E-state index < -0.39 is 0 Å². The number of carbonyl (C=O) groups excluding carboxylic acids is 2. The van der Waals surface area contributed by atoms with Gasteiger partial charge in [0.2, 0.25) is 11.8 Å². The van der Waals surface area contributed by atoms with Crippen molar-refractivity contribution in [2.45, 2.75) is 51.1 Å². The van der Waals surface area contributed by atoms with E-state index in [-0.39, 0.29) is 24.2 Å². The molecule has 0 spiro atoms. The summed E-state index contributed by atoms with van der Waals surface area (Å²) >= 11 is 0. The van der Waals surface area contributed by atoms with Gasteiger partial charge in [0.1, 0.15) is 11.5 Å². The lowest BCUT2D eigenvalue weighted by atomic mass is 9.85. The number of hydrogen-bond donors (Lipinski definition) is 0. The third-order valence-corrected chi connectivity index (χ3v) is 6.17. The van der Waals surface area contributed by atoms with Gasteiger partial charge in [-0.15, -0.1) is 0 Å². The standard InChI is InChI=1S/C21H24N4O3/c26-19-9-16(12-25(19)11-14-3-2-7-22-10-14)21(27)24-8-6-18-17(13-24)23-20(28-18)15-4-1-5-15/h2-3,7,10,15-16H,1,4-6,8-9,11-13H2. The summed E-state index contributed by atoms with van der Waals surface area (Å²) in [5.74, 6) is 2.07. The minimum atomic E-state index is -0.274. The van der Waals surface area contributed by atoms with Crippen molar-refractivity contribution in [3.05, 3.63) is 47.4 Å². The van der Waals surface area contributed by atoms with E-state index in [2.05, 4.69) is 9.97 Å². The monoisotopic (exact) mass is 380 g/mol. The smallest absolute Gasteiger partial charge is 0.228 e. The largest absolute Gasteiger partial charge is 0.445 e. The van der Waals surface area contributed by atoms with Crippen LogP contribution in [0.5, 0.6) is 0 Å². The van der Waals surface area contributed by atoms with Crippen LogP contribution in [-0.2, 0) is 29.1 Å². The number of oxazole rings is 1. The van der Waals surface area contributed by atoms with E-state index in [0.29, 0.717) is 38.5 Å². The van der Waals surface area contributed by atoms with Gasteiger partial charge in [-0.05, 0) is 24.5 Å². The highest BCUT2D eigenvalue weighted by Gasteiger charge is 2.38. The van der Waals surface area contributed by atoms with E-state index in [9.17, 15) is 9.59 Å². The van der Waals surface area contributed by atoms with Crippen molar-refractivity contribution in [1.29, 1.82) is 0 Å². The minimum absolute atomic E-state index is 0.0357. The number of hydrogen-bond acceptors (Lipinski definition) is 5. The zero-order valence-electron chi connectivity index (χ0n) is 15.8. The first-order valence-electron chi connectivity index (χ1n) is 10.1. The molecule has 2 amide bonds. The van der Waals surface area contributed by atoms with Crippen LogP contribution in [0.1, 0.15) is 54.5 Å². The molecule has 0 bridgehead atoms. The molecule has 7 heteroatoms. The van der Waals surface area contributed by atoms with Crippen molar-refractivity contribution in [1.82, 2.24) is 19.8 Å². The SMILES string of the molecule is O=C1CC(C(=O)N2CCc3oc(C4CCC4)nc3C2)CN1Cc1cccnc1. The molecule has 0 N–H and O–H groups in total. The van der Waals surface area contributed by atoms with Gasteiger partial charge in [-0.1, -0.05) is 12.5 Å². The fraction of sp³-hybridized carbons (Fsp3) is 0.524. The third kappa shape index (κ3) is 3.19. The van der Waals surface area contributed by atoms with E-state index in [1.807, 2.05) is 17.0 Å². The number of rotatable bonds is 4. The second-order valence-electron chi connectivity index (χ2n) is 8.10. The summed E-state index contributed by atoms with van der Waals surface area (Å²) in [5, 5.41) is 0. The first kappa shape index (κ1) is 17.4. The van der Waals surface area contributed by atoms with Crippen molar-refractivity contribution in [2.75, 3.05) is 13.1 Å². The van der Waals surface area contributed by atoms with Gasteiger partial charge >= 0.3 is 0 Å². The fourth-order valence-electron chi connectivity index (χ4n) is 4.30. The first-order valence-corrected chi connectivity index (χ1v) is 10.1. The van der Waals surface area contributed by atoms with Crippen LogP contribution in [-0.4, -0.2) is 44.7 Å². The molecule has 2 fully saturated rings. The number of fused-ring (bicyclic) bond motifs is 1. The maximum absolute atomic E-state index is 13.0. The molecule has 7 nitrogen and oxygen atoms in total. The molecule has 2 aromatic heterocycles. The number of likely N-dealkylation sites (tertiary alicyclic amines) is 1. The molecule has 2 aromatic rings. The van der Waals surface area contributed by atoms with E-state index in [0.717, 1.165) is 35.7 Å². The van der Waals surface area contributed by atoms with Gasteiger partial charge < -0.3 is 14.2 Å². The molecule has 1 unspecified atom stereocenters. The number of pyridine rings is 1. The molecular formula is C21H24N4O3. The van der Waals surface area contributed by atoms with Crippen molar-refractivity contribution < 1.29 is 14.0 Å². The van der Waals surface area contributed by atoms with Gasteiger partial charge in [-0.25, -0.2) is 4.98 Å². The maximum atomic E-state index is 13.0. The first-order chi connectivity index (χ1) is 13.7. The van der Waals surface area contributed by atoms with Gasteiger partial charge in [0.25, 0.3) is 0 Å². The molecular weight excluding hydrogens is 356 g/mol. The maximum Gasteiger partial charge on any atom is 0.228 e. The van der Waals surface area contributed by atoms with Crippen molar-refractivity contribution in [3.63, 3.8) is 0 Å². The van der Waals surface area contributed by atoms with Crippen molar-refractivity contribution >= 4 is 11.8 Å². The van der Waals surface area contributed by atoms with Crippen LogP contribution in [0.15, 0.2) is 28.9 Å². The van der Waals surface area contributed by atoms with Crippen molar-refractivity contribution in [3.8, 4) is 0 Å². The zero-order valence-corrected chi connectivity index (χ0v) is 15.8. The molecule has 0 radical (unpaired) electrons. The Kier molecular flexibility index (Phi) is 4.37. The molecule has 1 aliphatic carbocycles. The minimum Gasteiger partial charge on any atom is -0.445 e. The van der Waals surface area contributed by atoms with Gasteiger partial charge in [0.15, 0.2) is 5.89 Å². The van der Waals surface area contributed by atoms with Crippen LogP contribution in [0.25, 0.3) is 0 Å². The highest BCUT2D eigenvalue weighted by atomic mass is 16.4. The normalized spacial score (nSPS) is 22.3. The van der Waals surface area contributed by atoms with Gasteiger partial charge in [-0.3, -0.25) is 14.6 Å². The lowest BCUT2D eigenvalue weighted by Gasteiger charge is -2.27. The Morgan fingerprint density at radius 3 is 2.96 bits per heavy atom. The Hall–Kier alpha value is -2.70. The van der Waals surface area contributed by atoms with Gasteiger partial charge in [0, 0.05) is 50.8 Å². The lowest BCUT2D eigenvalue weighted by Crippen LogP contribution is -2.40. The van der Waals surface area contributed by atoms with Gasteiger partial charge in [0.05, 0.1) is 12.5 Å². The fourth-order valence-corrected chi connectivity index (χ4v) is 4.30. The van der Waals surface area contributed by atoms with Crippen molar-refractivity contribution in [2.24, 2.45) is 5.92 Å². The summed E-state index contributed by atoms with van der Waals surface area (Å²) in [6, 6.07) is 3.81. The second-order valence-corrected chi connectivity index (χ2v) is 8.10. The Bertz CT molecular complexity index is 890. The number of aromatic nitrogens is 2. The summed E-state index contributed by atoms with van der Waals surface area (Å²) in [6.45, 7) is 2.12. The van der Waals surface area contributed by atoms with Crippen LogP contribution in [0.3, 0.4) is 0 Å². The molecule has 28 heavy (non-hydrogen) atoms. The molecule has 1 saturated heterocycles. The van der Waals surface area contributed by atoms with Crippen LogP contribution in [0.2, 0.25) is 0 Å². The molecule has 146 valence electrons. The molecule has 5 rings (SSSR count). The van der Waals surface area contributed by atoms with Crippen LogP contribution in [0, 0.1) is 5.92 Å². The topological polar surface area (TPSA) is 79.5 Å². The molecule has 0 aromatic carbocycles. The highest BCUT2D eigenvalue weighted by Crippen LogP contribution is 2.37. The second kappa shape index (κ2) is 7.04. The van der Waals surface area contributed by atoms with E-state index in [1.165, 1.54) is 6.42 Å². The Balaban J connectivity index is 1.23. The summed E-state index contributed by atoms with van der Waals surface area (Å²) < 4.78 is 5.95. The summed E-state index contributed by atoms with van der Waals surface area (Å²) in [6.07, 6.45) is 8.02. The summed E-state index contributed by atoms with van der Waals surface area (Å²) in [7, 11) is 0. The molecule has 1 saturated carbocycles. The third-order valence-electron chi connectivity index (χ3n) is 6.17. The number of carbonyl (C=O) groups is 2. The highest BCUT2D eigenvalue weighted by molar-refractivity contribution is 5.89. The Morgan fingerprint density at radius 1 is 1.32 bits per heavy atom. The number of amides is 2. The van der Waals surface area contributed by atoms with Gasteiger partial charge in [-0.2, -0.15) is 0 Å². The predicted octanol–water partition coefficient (Wildman–Crippen LogP) is 2.27. The summed E-state index contributed by atoms with van der Waals surface area (Å²) in [5.41, 5.74) is 1.88. The summed E-state index contributed by atoms with van der Waals surface area (Å²) in [4.78, 5) is 37.8. The Labute approximate surface area is 163 Å². The lowest BCUT2D eigenvalue weighted by molar-refractivity contribution is -0.136. The number of nitrogens with zero attached hydrogens (tertiary/aromatic N) is 4. The van der Waals surface area contributed by atoms with E-state index in [1.54, 1.807) is 17.3 Å². The van der Waals surface area contributed by atoms with Crippen LogP contribution >= 0.6 is 0 Å². The van der Waals surface area contributed by atoms with Crippen LogP contribution < -0.4 is 0 Å². The molecule has 3 aliphatic rings. The Morgan fingerprint density at radius 2 is 2.21 bits per heavy atom. The van der Waals surface area contributed by atoms with E-state index in [4.69, 9.17) is 4.42 Å². The zero-order chi connectivity index (χ0) is 19.1. The molecule has 1 atom stereocenters. The van der Waals surface area contributed by atoms with E-state index >= 15 is 0 Å². The van der Waals surface area contributed by atoms with Crippen LogP contribution in [0.4, 0.5) is 0 Å².